The van der Waals surface area contributed by atoms with E-state index >= 15 is 0 Å². The fourth-order valence-corrected chi connectivity index (χ4v) is 3.97. The fraction of sp³-hybridized carbons (Fsp3) is 0.500. The molecule has 1 atom stereocenters. The molecule has 8 heteroatoms. The van der Waals surface area contributed by atoms with Crippen LogP contribution in [0, 0.1) is 5.92 Å². The minimum Gasteiger partial charge on any atom is -0.493 e. The second-order valence-corrected chi connectivity index (χ2v) is 7.81. The van der Waals surface area contributed by atoms with Gasteiger partial charge < -0.3 is 24.8 Å². The molecule has 6 nitrogen and oxygen atoms in total. The lowest BCUT2D eigenvalue weighted by Gasteiger charge is -2.17. The number of hydrogen-bond donors (Lipinski definition) is 2. The van der Waals surface area contributed by atoms with Crippen LogP contribution in [0.15, 0.2) is 34.6 Å². The highest BCUT2D eigenvalue weighted by atomic mass is 127. The van der Waals surface area contributed by atoms with Crippen LogP contribution < -0.4 is 24.8 Å². The van der Waals surface area contributed by atoms with E-state index in [1.54, 1.807) is 32.7 Å². The summed E-state index contributed by atoms with van der Waals surface area (Å²) in [6, 6.07) is 8.20. The molecule has 0 saturated heterocycles. The monoisotopic (exact) mass is 547 g/mol. The first-order valence-corrected chi connectivity index (χ1v) is 10.8. The number of methoxy groups -OCH3 is 3. The Hall–Kier alpha value is -1.68. The van der Waals surface area contributed by atoms with Crippen LogP contribution >= 0.6 is 35.3 Å². The quantitative estimate of drug-likeness (QED) is 0.249. The summed E-state index contributed by atoms with van der Waals surface area (Å²) in [7, 11) is 4.89. The number of aliphatic imine (C=N–C) groups is 1. The molecule has 1 aromatic carbocycles. The third kappa shape index (κ3) is 7.86. The van der Waals surface area contributed by atoms with Gasteiger partial charge >= 0.3 is 0 Å². The first-order chi connectivity index (χ1) is 14.1. The van der Waals surface area contributed by atoms with E-state index in [9.17, 15) is 0 Å². The zero-order valence-electron chi connectivity index (χ0n) is 18.5. The van der Waals surface area contributed by atoms with Gasteiger partial charge in [-0.15, -0.1) is 35.3 Å². The Balaban J connectivity index is 0.00000450. The van der Waals surface area contributed by atoms with Gasteiger partial charge in [0, 0.05) is 30.1 Å². The van der Waals surface area contributed by atoms with E-state index in [0.717, 1.165) is 44.0 Å². The Kier molecular flexibility index (Phi) is 12.6. The van der Waals surface area contributed by atoms with Crippen molar-refractivity contribution in [3.8, 4) is 17.2 Å². The van der Waals surface area contributed by atoms with Crippen molar-refractivity contribution < 1.29 is 14.2 Å². The lowest BCUT2D eigenvalue weighted by Crippen LogP contribution is -2.38. The highest BCUT2D eigenvalue weighted by Crippen LogP contribution is 2.39. The maximum Gasteiger partial charge on any atom is 0.203 e. The van der Waals surface area contributed by atoms with Crippen LogP contribution in [0.25, 0.3) is 0 Å². The van der Waals surface area contributed by atoms with E-state index in [2.05, 4.69) is 42.0 Å². The van der Waals surface area contributed by atoms with Crippen molar-refractivity contribution in [2.75, 3.05) is 41.0 Å². The van der Waals surface area contributed by atoms with Crippen molar-refractivity contribution >= 4 is 41.3 Å². The van der Waals surface area contributed by atoms with Crippen LogP contribution in [0.3, 0.4) is 0 Å². The predicted octanol–water partition coefficient (Wildman–Crippen LogP) is 4.37. The summed E-state index contributed by atoms with van der Waals surface area (Å²) in [6.07, 6.45) is 1.84. The normalized spacial score (nSPS) is 12.0. The summed E-state index contributed by atoms with van der Waals surface area (Å²) >= 11 is 1.81. The molecule has 0 aliphatic carbocycles. The predicted molar refractivity (Wildman–Crippen MR) is 136 cm³/mol. The highest BCUT2D eigenvalue weighted by Gasteiger charge is 2.15. The van der Waals surface area contributed by atoms with Crippen LogP contribution in [-0.2, 0) is 12.8 Å². The third-order valence-corrected chi connectivity index (χ3v) is 5.41. The minimum atomic E-state index is 0. The standard InChI is InChI=1S/C22H33N3O3S.HI/c1-6-23-22(25-15-16(2)14-18-8-7-13-29-18)24-12-11-17-9-10-19(26-3)21(28-5)20(17)27-4;/h7-10,13,16H,6,11-12,14-15H2,1-5H3,(H2,23,24,25);1H. The molecular weight excluding hydrogens is 513 g/mol. The lowest BCUT2D eigenvalue weighted by atomic mass is 10.1. The first kappa shape index (κ1) is 26.4. The molecule has 1 heterocycles. The van der Waals surface area contributed by atoms with Crippen molar-refractivity contribution in [1.82, 2.24) is 10.6 Å². The number of ether oxygens (including phenoxy) is 3. The van der Waals surface area contributed by atoms with Crippen molar-refractivity contribution in [1.29, 1.82) is 0 Å². The molecule has 1 unspecified atom stereocenters. The molecule has 2 aromatic rings. The number of benzene rings is 1. The largest absolute Gasteiger partial charge is 0.493 e. The lowest BCUT2D eigenvalue weighted by molar-refractivity contribution is 0.322. The van der Waals surface area contributed by atoms with E-state index in [4.69, 9.17) is 19.2 Å². The molecule has 2 N–H and O–H groups in total. The molecular formula is C22H34IN3O3S. The topological polar surface area (TPSA) is 64.1 Å². The van der Waals surface area contributed by atoms with Gasteiger partial charge in [-0.3, -0.25) is 4.99 Å². The minimum absolute atomic E-state index is 0. The summed E-state index contributed by atoms with van der Waals surface area (Å²) in [5, 5.41) is 8.86. The summed E-state index contributed by atoms with van der Waals surface area (Å²) in [5.74, 6) is 3.33. The van der Waals surface area contributed by atoms with Crippen molar-refractivity contribution in [3.63, 3.8) is 0 Å². The van der Waals surface area contributed by atoms with E-state index in [0.29, 0.717) is 23.2 Å². The molecule has 0 aliphatic rings. The molecule has 0 amide bonds. The van der Waals surface area contributed by atoms with Gasteiger partial charge in [-0.1, -0.05) is 19.1 Å². The Labute approximate surface area is 201 Å². The van der Waals surface area contributed by atoms with Gasteiger partial charge in [-0.05, 0) is 43.2 Å². The summed E-state index contributed by atoms with van der Waals surface area (Å²) in [6.45, 7) is 6.65. The Morgan fingerprint density at radius 2 is 1.83 bits per heavy atom. The van der Waals surface area contributed by atoms with Crippen molar-refractivity contribution in [2.45, 2.75) is 26.7 Å². The van der Waals surface area contributed by atoms with Crippen LogP contribution in [0.2, 0.25) is 0 Å². The van der Waals surface area contributed by atoms with Crippen molar-refractivity contribution in [3.05, 3.63) is 40.1 Å². The highest BCUT2D eigenvalue weighted by molar-refractivity contribution is 14.0. The van der Waals surface area contributed by atoms with Crippen LogP contribution in [0.5, 0.6) is 17.2 Å². The van der Waals surface area contributed by atoms with Gasteiger partial charge in [0.1, 0.15) is 0 Å². The second kappa shape index (κ2) is 14.3. The van der Waals surface area contributed by atoms with E-state index in [1.807, 2.05) is 12.1 Å². The van der Waals surface area contributed by atoms with Gasteiger partial charge in [-0.25, -0.2) is 0 Å². The molecule has 1 aromatic heterocycles. The maximum absolute atomic E-state index is 5.57. The van der Waals surface area contributed by atoms with Crippen LogP contribution in [0.1, 0.15) is 24.3 Å². The molecule has 0 radical (unpaired) electrons. The van der Waals surface area contributed by atoms with Gasteiger partial charge in [0.05, 0.1) is 21.3 Å². The number of nitrogens with one attached hydrogen (secondary N) is 2. The summed E-state index contributed by atoms with van der Waals surface area (Å²) in [4.78, 5) is 6.16. The van der Waals surface area contributed by atoms with E-state index in [1.165, 1.54) is 4.88 Å². The Morgan fingerprint density at radius 1 is 1.07 bits per heavy atom. The average Bonchev–Trinajstić information content (AvgIpc) is 3.24. The van der Waals surface area contributed by atoms with Crippen LogP contribution in [0.4, 0.5) is 0 Å². The van der Waals surface area contributed by atoms with E-state index in [-0.39, 0.29) is 24.0 Å². The zero-order chi connectivity index (χ0) is 21.1. The second-order valence-electron chi connectivity index (χ2n) is 6.78. The van der Waals surface area contributed by atoms with Crippen molar-refractivity contribution in [2.24, 2.45) is 10.9 Å². The molecule has 2 rings (SSSR count). The van der Waals surface area contributed by atoms with E-state index < -0.39 is 0 Å². The van der Waals surface area contributed by atoms with Crippen LogP contribution in [-0.4, -0.2) is 46.9 Å². The molecule has 0 saturated carbocycles. The summed E-state index contributed by atoms with van der Waals surface area (Å²) < 4.78 is 16.4. The SMILES string of the molecule is CCNC(=NCC(C)Cc1cccs1)NCCc1ccc(OC)c(OC)c1OC.I. The number of halogens is 1. The molecule has 0 spiro atoms. The fourth-order valence-electron chi connectivity index (χ4n) is 3.10. The number of nitrogens with zero attached hydrogens (tertiary/aromatic N) is 1. The van der Waals surface area contributed by atoms with Gasteiger partial charge in [0.15, 0.2) is 17.5 Å². The van der Waals surface area contributed by atoms with Gasteiger partial charge in [0.25, 0.3) is 0 Å². The first-order valence-electron chi connectivity index (χ1n) is 9.95. The summed E-state index contributed by atoms with van der Waals surface area (Å²) in [5.41, 5.74) is 1.06. The van der Waals surface area contributed by atoms with Gasteiger partial charge in [-0.2, -0.15) is 0 Å². The average molecular weight is 548 g/mol. The Morgan fingerprint density at radius 3 is 2.43 bits per heavy atom. The molecule has 0 aliphatic heterocycles. The Bertz CT molecular complexity index is 769. The molecule has 30 heavy (non-hydrogen) atoms. The molecule has 168 valence electrons. The molecule has 0 fully saturated rings. The number of hydrogen-bond acceptors (Lipinski definition) is 5. The smallest absolute Gasteiger partial charge is 0.203 e. The number of guanidine groups is 1. The third-order valence-electron chi connectivity index (χ3n) is 4.51. The maximum atomic E-state index is 5.57. The molecule has 0 bridgehead atoms. The number of rotatable bonds is 11. The number of thiophene rings is 1. The zero-order valence-corrected chi connectivity index (χ0v) is 21.6. The van der Waals surface area contributed by atoms with Gasteiger partial charge in [0.2, 0.25) is 5.75 Å².